The third kappa shape index (κ3) is 3.29. The van der Waals surface area contributed by atoms with Crippen molar-refractivity contribution in [1.29, 1.82) is 0 Å². The molecule has 2 aromatic heterocycles. The number of hydrogen-bond acceptors (Lipinski definition) is 4. The number of aromatic nitrogens is 2. The molecule has 0 atom stereocenters. The van der Waals surface area contributed by atoms with Crippen LogP contribution < -0.4 is 5.56 Å². The predicted octanol–water partition coefficient (Wildman–Crippen LogP) is 4.93. The lowest BCUT2D eigenvalue weighted by molar-refractivity contribution is 0.0970. The Hall–Kier alpha value is -3.05. The number of hydrogen-bond donors (Lipinski definition) is 0. The number of carbonyl (C=O) groups is 1. The second kappa shape index (κ2) is 7.17. The molecule has 0 amide bonds. The number of benzene rings is 2. The number of nitrogens with zero attached hydrogens (tertiary/aromatic N) is 2. The molecule has 2 heterocycles. The predicted molar refractivity (Wildman–Crippen MR) is 114 cm³/mol. The molecule has 4 aromatic rings. The first-order valence-corrected chi connectivity index (χ1v) is 9.96. The maximum atomic E-state index is 13.1. The van der Waals surface area contributed by atoms with Crippen LogP contribution in [-0.2, 0) is 6.54 Å². The van der Waals surface area contributed by atoms with E-state index in [2.05, 4.69) is 4.98 Å². The van der Waals surface area contributed by atoms with Gasteiger partial charge in [0.25, 0.3) is 5.56 Å². The molecule has 0 saturated heterocycles. The van der Waals surface area contributed by atoms with Crippen molar-refractivity contribution < 1.29 is 4.79 Å². The van der Waals surface area contributed by atoms with Gasteiger partial charge in [-0.2, -0.15) is 0 Å². The van der Waals surface area contributed by atoms with Crippen LogP contribution in [0.2, 0.25) is 0 Å². The fourth-order valence-electron chi connectivity index (χ4n) is 3.19. The first-order chi connectivity index (χ1) is 13.4. The third-order valence-corrected chi connectivity index (χ3v) is 5.95. The summed E-state index contributed by atoms with van der Waals surface area (Å²) in [5.74, 6) is -0.0986. The molecule has 140 valence electrons. The molecule has 2 aromatic carbocycles. The zero-order chi connectivity index (χ0) is 19.8. The Bertz CT molecular complexity index is 1250. The molecular weight excluding hydrogens is 368 g/mol. The van der Waals surface area contributed by atoms with Crippen LogP contribution in [0, 0.1) is 20.8 Å². The van der Waals surface area contributed by atoms with Gasteiger partial charge in [-0.3, -0.25) is 14.2 Å². The van der Waals surface area contributed by atoms with Crippen LogP contribution in [0.4, 0.5) is 0 Å². The first kappa shape index (κ1) is 18.3. The van der Waals surface area contributed by atoms with Gasteiger partial charge in [0.1, 0.15) is 4.83 Å². The van der Waals surface area contributed by atoms with Gasteiger partial charge in [-0.25, -0.2) is 4.98 Å². The normalized spacial score (nSPS) is 11.1. The van der Waals surface area contributed by atoms with E-state index < -0.39 is 0 Å². The van der Waals surface area contributed by atoms with Crippen molar-refractivity contribution in [2.45, 2.75) is 27.3 Å². The molecule has 5 heteroatoms. The second-order valence-electron chi connectivity index (χ2n) is 7.10. The molecule has 0 saturated carbocycles. The number of ketones is 1. The molecule has 0 bridgehead atoms. The summed E-state index contributed by atoms with van der Waals surface area (Å²) in [6.07, 6.45) is 1.47. The summed E-state index contributed by atoms with van der Waals surface area (Å²) in [7, 11) is 0. The lowest BCUT2D eigenvalue weighted by Crippen LogP contribution is -2.24. The smallest absolute Gasteiger partial charge is 0.263 e. The highest BCUT2D eigenvalue weighted by atomic mass is 32.1. The Morgan fingerprint density at radius 1 is 1.04 bits per heavy atom. The van der Waals surface area contributed by atoms with Crippen molar-refractivity contribution in [2.24, 2.45) is 0 Å². The summed E-state index contributed by atoms with van der Waals surface area (Å²) in [6.45, 7) is 6.00. The zero-order valence-corrected chi connectivity index (χ0v) is 16.8. The van der Waals surface area contributed by atoms with Crippen molar-refractivity contribution in [2.75, 3.05) is 0 Å². The Balaban J connectivity index is 1.74. The first-order valence-electron chi connectivity index (χ1n) is 9.08. The maximum Gasteiger partial charge on any atom is 0.263 e. The molecule has 0 N–H and O–H groups in total. The van der Waals surface area contributed by atoms with Crippen LogP contribution in [0.5, 0.6) is 0 Å². The number of Topliss-reactive ketones (excluding diaryl/α,β-unsaturated/α-hetero) is 1. The van der Waals surface area contributed by atoms with E-state index >= 15 is 0 Å². The quantitative estimate of drug-likeness (QED) is 0.466. The molecule has 0 unspecified atom stereocenters. The van der Waals surface area contributed by atoms with Gasteiger partial charge in [0.15, 0.2) is 5.78 Å². The van der Waals surface area contributed by atoms with E-state index in [1.54, 1.807) is 0 Å². The number of rotatable bonds is 4. The molecule has 0 aliphatic rings. The van der Waals surface area contributed by atoms with Crippen LogP contribution in [0.1, 0.15) is 27.0 Å². The fourth-order valence-corrected chi connectivity index (χ4v) is 4.09. The van der Waals surface area contributed by atoms with Crippen LogP contribution in [0.15, 0.2) is 59.0 Å². The highest BCUT2D eigenvalue weighted by Crippen LogP contribution is 2.30. The minimum absolute atomic E-state index is 0.0204. The number of carbonyl (C=O) groups excluding carboxylic acids is 1. The number of aryl methyl sites for hydroxylation is 3. The SMILES string of the molecule is Cc1ccc(-c2csc3ncn(CC(=O)c4ccc(C)c(C)c4)c(=O)c23)cc1. The minimum atomic E-state index is -0.181. The van der Waals surface area contributed by atoms with Gasteiger partial charge < -0.3 is 0 Å². The van der Waals surface area contributed by atoms with E-state index in [4.69, 9.17) is 0 Å². The largest absolute Gasteiger partial charge is 0.292 e. The van der Waals surface area contributed by atoms with E-state index in [0.717, 1.165) is 27.8 Å². The van der Waals surface area contributed by atoms with Gasteiger partial charge in [-0.05, 0) is 43.5 Å². The zero-order valence-electron chi connectivity index (χ0n) is 16.0. The number of fused-ring (bicyclic) bond motifs is 1. The van der Waals surface area contributed by atoms with Gasteiger partial charge in [-0.1, -0.05) is 42.0 Å². The molecule has 0 fully saturated rings. The number of thiophene rings is 1. The summed E-state index contributed by atoms with van der Waals surface area (Å²) < 4.78 is 1.41. The van der Waals surface area contributed by atoms with Crippen molar-refractivity contribution in [3.05, 3.63) is 86.8 Å². The van der Waals surface area contributed by atoms with E-state index in [0.29, 0.717) is 15.8 Å². The van der Waals surface area contributed by atoms with Gasteiger partial charge in [0.05, 0.1) is 18.3 Å². The second-order valence-corrected chi connectivity index (χ2v) is 7.95. The van der Waals surface area contributed by atoms with Crippen LogP contribution in [-0.4, -0.2) is 15.3 Å². The average Bonchev–Trinajstić information content (AvgIpc) is 3.11. The summed E-state index contributed by atoms with van der Waals surface area (Å²) in [4.78, 5) is 30.9. The fraction of sp³-hybridized carbons (Fsp3) is 0.174. The van der Waals surface area contributed by atoms with Gasteiger partial charge >= 0.3 is 0 Å². The molecule has 0 spiro atoms. The van der Waals surface area contributed by atoms with Gasteiger partial charge in [0.2, 0.25) is 0 Å². The summed E-state index contributed by atoms with van der Waals surface area (Å²) in [5, 5.41) is 2.53. The molecule has 4 nitrogen and oxygen atoms in total. The van der Waals surface area contributed by atoms with E-state index in [1.807, 2.05) is 68.6 Å². The lowest BCUT2D eigenvalue weighted by Gasteiger charge is -2.08. The van der Waals surface area contributed by atoms with E-state index in [-0.39, 0.29) is 17.9 Å². The van der Waals surface area contributed by atoms with Crippen molar-refractivity contribution in [3.63, 3.8) is 0 Å². The Morgan fingerprint density at radius 3 is 2.50 bits per heavy atom. The van der Waals surface area contributed by atoms with Crippen molar-refractivity contribution in [1.82, 2.24) is 9.55 Å². The molecule has 4 rings (SSSR count). The summed E-state index contributed by atoms with van der Waals surface area (Å²) in [5.41, 5.74) is 5.64. The molecule has 0 aliphatic carbocycles. The Kier molecular flexibility index (Phi) is 4.69. The summed E-state index contributed by atoms with van der Waals surface area (Å²) in [6, 6.07) is 13.7. The van der Waals surface area contributed by atoms with Crippen molar-refractivity contribution >= 4 is 27.3 Å². The van der Waals surface area contributed by atoms with Crippen LogP contribution in [0.25, 0.3) is 21.3 Å². The summed E-state index contributed by atoms with van der Waals surface area (Å²) >= 11 is 1.45. The van der Waals surface area contributed by atoms with Crippen molar-refractivity contribution in [3.8, 4) is 11.1 Å². The monoisotopic (exact) mass is 388 g/mol. The Morgan fingerprint density at radius 2 is 1.79 bits per heavy atom. The highest BCUT2D eigenvalue weighted by Gasteiger charge is 2.15. The van der Waals surface area contributed by atoms with Crippen LogP contribution in [0.3, 0.4) is 0 Å². The standard InChI is InChI=1S/C23H20N2O2S/c1-14-4-7-17(8-5-14)19-12-28-22-21(19)23(27)25(13-24-22)11-20(26)18-9-6-15(2)16(3)10-18/h4-10,12-13H,11H2,1-3H3. The Labute approximate surface area is 167 Å². The van der Waals surface area contributed by atoms with E-state index in [9.17, 15) is 9.59 Å². The van der Waals surface area contributed by atoms with Gasteiger partial charge in [-0.15, -0.1) is 11.3 Å². The third-order valence-electron chi connectivity index (χ3n) is 5.07. The minimum Gasteiger partial charge on any atom is -0.292 e. The average molecular weight is 388 g/mol. The molecule has 0 aliphatic heterocycles. The topological polar surface area (TPSA) is 52.0 Å². The lowest BCUT2D eigenvalue weighted by atomic mass is 10.0. The molecule has 0 radical (unpaired) electrons. The maximum absolute atomic E-state index is 13.1. The molecule has 28 heavy (non-hydrogen) atoms. The van der Waals surface area contributed by atoms with E-state index in [1.165, 1.54) is 22.2 Å². The highest BCUT2D eigenvalue weighted by molar-refractivity contribution is 7.17. The molecular formula is C23H20N2O2S. The van der Waals surface area contributed by atoms with Crippen LogP contribution >= 0.6 is 11.3 Å². The van der Waals surface area contributed by atoms with Gasteiger partial charge in [0, 0.05) is 16.5 Å².